The number of hydrogen-bond acceptors (Lipinski definition) is 4. The lowest BCUT2D eigenvalue weighted by atomic mass is 10.1. The number of hydrogen-bond donors (Lipinski definition) is 2. The smallest absolute Gasteiger partial charge is 0.339 e. The van der Waals surface area contributed by atoms with Crippen LogP contribution in [0.3, 0.4) is 0 Å². The standard InChI is InChI=1S/C11H21N3O2S2/c1-7(2)6-13-8(14(16)9(15)12-5)11(3,4)18-10(13)17/h7-8,16H,6H2,1-5H3,(H,12,15)/t8-/m1/s1. The maximum absolute atomic E-state index is 11.6. The quantitative estimate of drug-likeness (QED) is 0.474. The van der Waals surface area contributed by atoms with Gasteiger partial charge in [-0.1, -0.05) is 37.8 Å². The zero-order chi connectivity index (χ0) is 14.1. The molecule has 0 bridgehead atoms. The van der Waals surface area contributed by atoms with Crippen LogP contribution in [-0.2, 0) is 0 Å². The van der Waals surface area contributed by atoms with Gasteiger partial charge in [0.05, 0.1) is 4.75 Å². The minimum atomic E-state index is -0.521. The van der Waals surface area contributed by atoms with Crippen molar-refractivity contribution in [2.45, 2.75) is 38.6 Å². The zero-order valence-corrected chi connectivity index (χ0v) is 13.1. The lowest BCUT2D eigenvalue weighted by Crippen LogP contribution is -2.56. The fourth-order valence-electron chi connectivity index (χ4n) is 2.03. The van der Waals surface area contributed by atoms with Gasteiger partial charge >= 0.3 is 6.03 Å². The Balaban J connectivity index is 3.00. The Hall–Kier alpha value is -0.530. The number of amides is 2. The van der Waals surface area contributed by atoms with E-state index in [0.29, 0.717) is 12.5 Å². The third-order valence-electron chi connectivity index (χ3n) is 2.72. The highest BCUT2D eigenvalue weighted by Gasteiger charge is 2.49. The van der Waals surface area contributed by atoms with Gasteiger partial charge in [0.1, 0.15) is 10.5 Å². The van der Waals surface area contributed by atoms with Gasteiger partial charge in [0, 0.05) is 13.6 Å². The first-order valence-corrected chi connectivity index (χ1v) is 7.12. The zero-order valence-electron chi connectivity index (χ0n) is 11.4. The molecule has 0 aliphatic carbocycles. The third-order valence-corrected chi connectivity index (χ3v) is 4.35. The molecule has 0 aromatic rings. The van der Waals surface area contributed by atoms with Gasteiger partial charge in [0.2, 0.25) is 0 Å². The lowest BCUT2D eigenvalue weighted by Gasteiger charge is -2.37. The monoisotopic (exact) mass is 291 g/mol. The number of rotatable bonds is 3. The summed E-state index contributed by atoms with van der Waals surface area (Å²) in [6.45, 7) is 8.82. The molecule has 0 aromatic heterocycles. The molecular formula is C11H21N3O2S2. The van der Waals surface area contributed by atoms with E-state index in [4.69, 9.17) is 12.2 Å². The molecule has 1 aliphatic rings. The van der Waals surface area contributed by atoms with Crippen molar-refractivity contribution in [3.05, 3.63) is 0 Å². The first-order valence-electron chi connectivity index (χ1n) is 5.90. The molecule has 2 amide bonds. The van der Waals surface area contributed by atoms with E-state index >= 15 is 0 Å². The normalized spacial score (nSPS) is 22.5. The second-order valence-electron chi connectivity index (χ2n) is 5.29. The number of urea groups is 1. The van der Waals surface area contributed by atoms with Crippen LogP contribution in [0.1, 0.15) is 27.7 Å². The molecule has 5 nitrogen and oxygen atoms in total. The van der Waals surface area contributed by atoms with Crippen molar-refractivity contribution in [1.82, 2.24) is 15.3 Å². The molecule has 104 valence electrons. The summed E-state index contributed by atoms with van der Waals surface area (Å²) < 4.78 is 0.384. The molecule has 0 aromatic carbocycles. The average Bonchev–Trinajstić information content (AvgIpc) is 2.46. The summed E-state index contributed by atoms with van der Waals surface area (Å²) in [7, 11) is 1.49. The van der Waals surface area contributed by atoms with Crippen molar-refractivity contribution in [3.8, 4) is 0 Å². The van der Waals surface area contributed by atoms with Gasteiger partial charge in [-0.15, -0.1) is 0 Å². The first-order chi connectivity index (χ1) is 8.20. The van der Waals surface area contributed by atoms with Gasteiger partial charge in [0.25, 0.3) is 0 Å². The number of thioether (sulfide) groups is 1. The van der Waals surface area contributed by atoms with E-state index in [0.717, 1.165) is 9.38 Å². The van der Waals surface area contributed by atoms with Gasteiger partial charge < -0.3 is 10.2 Å². The fourth-order valence-corrected chi connectivity index (χ4v) is 3.92. The van der Waals surface area contributed by atoms with Crippen molar-refractivity contribution in [3.63, 3.8) is 0 Å². The van der Waals surface area contributed by atoms with Crippen LogP contribution in [0.15, 0.2) is 0 Å². The van der Waals surface area contributed by atoms with Crippen molar-refractivity contribution in [2.24, 2.45) is 5.92 Å². The van der Waals surface area contributed by atoms with Crippen LogP contribution in [0.25, 0.3) is 0 Å². The number of hydroxylamine groups is 2. The van der Waals surface area contributed by atoms with Crippen molar-refractivity contribution < 1.29 is 10.0 Å². The molecule has 1 aliphatic heterocycles. The predicted octanol–water partition coefficient (Wildman–Crippen LogP) is 2.11. The van der Waals surface area contributed by atoms with Crippen molar-refractivity contribution >= 4 is 34.3 Å². The van der Waals surface area contributed by atoms with Gasteiger partial charge in [-0.25, -0.2) is 4.79 Å². The van der Waals surface area contributed by atoms with E-state index in [9.17, 15) is 10.0 Å². The summed E-state index contributed by atoms with van der Waals surface area (Å²) in [6, 6.07) is -0.521. The minimum absolute atomic E-state index is 0.340. The molecule has 2 N–H and O–H groups in total. The van der Waals surface area contributed by atoms with Crippen LogP contribution in [-0.4, -0.2) is 50.0 Å². The van der Waals surface area contributed by atoms with E-state index in [2.05, 4.69) is 19.2 Å². The summed E-state index contributed by atoms with van der Waals surface area (Å²) in [5.74, 6) is 0.401. The first kappa shape index (κ1) is 15.5. The average molecular weight is 291 g/mol. The summed E-state index contributed by atoms with van der Waals surface area (Å²) in [5, 5.41) is 13.2. The van der Waals surface area contributed by atoms with E-state index in [-0.39, 0.29) is 4.75 Å². The van der Waals surface area contributed by atoms with Crippen molar-refractivity contribution in [2.75, 3.05) is 13.6 Å². The Morgan fingerprint density at radius 2 is 2.22 bits per heavy atom. The van der Waals surface area contributed by atoms with Gasteiger partial charge in [-0.05, 0) is 19.8 Å². The van der Waals surface area contributed by atoms with Gasteiger partial charge in [-0.2, -0.15) is 5.06 Å². The number of thiocarbonyl (C=S) groups is 1. The van der Waals surface area contributed by atoms with Crippen molar-refractivity contribution in [1.29, 1.82) is 0 Å². The Morgan fingerprint density at radius 1 is 1.67 bits per heavy atom. The van der Waals surface area contributed by atoms with E-state index in [1.54, 1.807) is 0 Å². The molecule has 1 rings (SSSR count). The summed E-state index contributed by atoms with van der Waals surface area (Å²) >= 11 is 6.86. The molecule has 0 saturated carbocycles. The highest BCUT2D eigenvalue weighted by molar-refractivity contribution is 8.24. The number of carbonyl (C=O) groups is 1. The van der Waals surface area contributed by atoms with Crippen LogP contribution in [0, 0.1) is 5.92 Å². The summed E-state index contributed by atoms with van der Waals surface area (Å²) in [4.78, 5) is 13.5. The maximum Gasteiger partial charge on any atom is 0.342 e. The Bertz CT molecular complexity index is 347. The highest BCUT2D eigenvalue weighted by Crippen LogP contribution is 2.42. The number of carbonyl (C=O) groups excluding carboxylic acids is 1. The molecule has 0 unspecified atom stereocenters. The lowest BCUT2D eigenvalue weighted by molar-refractivity contribution is -0.119. The van der Waals surface area contributed by atoms with Gasteiger partial charge in [-0.3, -0.25) is 5.21 Å². The SMILES string of the molecule is CNC(=O)N(O)[C@H]1N(CC(C)C)C(=S)SC1(C)C. The van der Waals surface area contributed by atoms with Crippen LogP contribution in [0.4, 0.5) is 4.79 Å². The molecule has 1 fully saturated rings. The van der Waals surface area contributed by atoms with E-state index in [1.165, 1.54) is 18.8 Å². The molecule has 1 heterocycles. The molecule has 7 heteroatoms. The molecule has 1 saturated heterocycles. The molecule has 1 atom stereocenters. The largest absolute Gasteiger partial charge is 0.342 e. The molecular weight excluding hydrogens is 270 g/mol. The molecule has 0 spiro atoms. The topological polar surface area (TPSA) is 55.8 Å². The minimum Gasteiger partial charge on any atom is -0.339 e. The number of nitrogens with one attached hydrogen (secondary N) is 1. The molecule has 18 heavy (non-hydrogen) atoms. The fraction of sp³-hybridized carbons (Fsp3) is 0.818. The van der Waals surface area contributed by atoms with Crippen LogP contribution < -0.4 is 5.32 Å². The Kier molecular flexibility index (Phi) is 4.85. The highest BCUT2D eigenvalue weighted by atomic mass is 32.2. The Labute approximate surface area is 118 Å². The second kappa shape index (κ2) is 5.63. The van der Waals surface area contributed by atoms with Crippen LogP contribution in [0.5, 0.6) is 0 Å². The van der Waals surface area contributed by atoms with Gasteiger partial charge in [0.15, 0.2) is 0 Å². The molecule has 0 radical (unpaired) electrons. The maximum atomic E-state index is 11.6. The third kappa shape index (κ3) is 3.07. The van der Waals surface area contributed by atoms with Crippen LogP contribution >= 0.6 is 24.0 Å². The summed E-state index contributed by atoms with van der Waals surface area (Å²) in [6.07, 6.45) is -0.447. The Morgan fingerprint density at radius 3 is 2.67 bits per heavy atom. The van der Waals surface area contributed by atoms with E-state index in [1.807, 2.05) is 18.7 Å². The number of nitrogens with zero attached hydrogens (tertiary/aromatic N) is 2. The predicted molar refractivity (Wildman–Crippen MR) is 77.7 cm³/mol. The summed E-state index contributed by atoms with van der Waals surface area (Å²) in [5.41, 5.74) is 0. The second-order valence-corrected chi connectivity index (χ2v) is 7.58. The van der Waals surface area contributed by atoms with Crippen LogP contribution in [0.2, 0.25) is 0 Å². The van der Waals surface area contributed by atoms with E-state index < -0.39 is 12.2 Å².